The quantitative estimate of drug-likeness (QED) is 0.482. The zero-order valence-electron chi connectivity index (χ0n) is 15.0. The average molecular weight is 395 g/mol. The van der Waals surface area contributed by atoms with Gasteiger partial charge < -0.3 is 14.0 Å². The second kappa shape index (κ2) is 8.02. The summed E-state index contributed by atoms with van der Waals surface area (Å²) < 4.78 is 45.0. The zero-order chi connectivity index (χ0) is 20.2. The zero-order valence-corrected chi connectivity index (χ0v) is 15.0. The number of aromatic nitrogens is 1. The van der Waals surface area contributed by atoms with E-state index in [9.17, 15) is 13.6 Å². The van der Waals surface area contributed by atoms with Crippen molar-refractivity contribution in [2.45, 2.75) is 6.61 Å². The first-order valence-electron chi connectivity index (χ1n) is 8.72. The van der Waals surface area contributed by atoms with E-state index in [1.807, 2.05) is 18.2 Å². The lowest BCUT2D eigenvalue weighted by Crippen LogP contribution is -2.02. The standard InChI is InChI=1S/C22H15F2NO4/c23-17-10-15(20-12-21(26)25-29-20)11-18(24)22(17)27-13-14-6-4-5-9-19(14)28-16-7-2-1-3-8-16/h1-12H,13H2,(H,25,26). The highest BCUT2D eigenvalue weighted by atomic mass is 19.1. The van der Waals surface area contributed by atoms with Gasteiger partial charge in [0.2, 0.25) is 0 Å². The van der Waals surface area contributed by atoms with Crippen LogP contribution in [0.4, 0.5) is 8.78 Å². The summed E-state index contributed by atoms with van der Waals surface area (Å²) in [5.41, 5.74) is 0.200. The third kappa shape index (κ3) is 4.19. The summed E-state index contributed by atoms with van der Waals surface area (Å²) in [5, 5.41) is 2.07. The van der Waals surface area contributed by atoms with Crippen LogP contribution in [0.15, 0.2) is 82.1 Å². The lowest BCUT2D eigenvalue weighted by Gasteiger charge is -2.13. The van der Waals surface area contributed by atoms with Crippen LogP contribution in [0.1, 0.15) is 5.56 Å². The molecule has 5 nitrogen and oxygen atoms in total. The summed E-state index contributed by atoms with van der Waals surface area (Å²) in [5.74, 6) is -1.17. The summed E-state index contributed by atoms with van der Waals surface area (Å²) >= 11 is 0. The second-order valence-corrected chi connectivity index (χ2v) is 6.16. The van der Waals surface area contributed by atoms with Crippen molar-refractivity contribution < 1.29 is 22.8 Å². The molecule has 0 radical (unpaired) electrons. The van der Waals surface area contributed by atoms with Gasteiger partial charge in [0.1, 0.15) is 18.1 Å². The van der Waals surface area contributed by atoms with Gasteiger partial charge in [-0.1, -0.05) is 36.4 Å². The SMILES string of the molecule is O=c1cc(-c2cc(F)c(OCc3ccccc3Oc3ccccc3)c(F)c2)o[nH]1. The predicted molar refractivity (Wildman–Crippen MR) is 102 cm³/mol. The van der Waals surface area contributed by atoms with Crippen LogP contribution in [0, 0.1) is 11.6 Å². The van der Waals surface area contributed by atoms with Crippen LogP contribution in [-0.4, -0.2) is 5.16 Å². The highest BCUT2D eigenvalue weighted by Gasteiger charge is 2.16. The van der Waals surface area contributed by atoms with Gasteiger partial charge in [-0.15, -0.1) is 0 Å². The highest BCUT2D eigenvalue weighted by Crippen LogP contribution is 2.31. The maximum absolute atomic E-state index is 14.4. The molecule has 0 amide bonds. The molecule has 0 spiro atoms. The van der Waals surface area contributed by atoms with Gasteiger partial charge in [-0.25, -0.2) is 8.78 Å². The first-order chi connectivity index (χ1) is 14.1. The van der Waals surface area contributed by atoms with E-state index in [1.165, 1.54) is 0 Å². The number of benzene rings is 3. The summed E-state index contributed by atoms with van der Waals surface area (Å²) in [6, 6.07) is 19.4. The normalized spacial score (nSPS) is 10.7. The number of hydrogen-bond donors (Lipinski definition) is 1. The van der Waals surface area contributed by atoms with Gasteiger partial charge in [0, 0.05) is 11.1 Å². The molecule has 0 bridgehead atoms. The first-order valence-corrected chi connectivity index (χ1v) is 8.72. The number of nitrogens with one attached hydrogen (secondary N) is 1. The van der Waals surface area contributed by atoms with Crippen molar-refractivity contribution in [1.82, 2.24) is 5.16 Å². The van der Waals surface area contributed by atoms with Crippen molar-refractivity contribution >= 4 is 0 Å². The van der Waals surface area contributed by atoms with E-state index in [2.05, 4.69) is 5.16 Å². The Morgan fingerprint density at radius 3 is 2.28 bits per heavy atom. The molecule has 0 saturated heterocycles. The van der Waals surface area contributed by atoms with E-state index in [0.717, 1.165) is 18.2 Å². The number of aromatic amines is 1. The molecule has 0 aliphatic heterocycles. The molecule has 1 heterocycles. The van der Waals surface area contributed by atoms with E-state index in [-0.39, 0.29) is 17.9 Å². The summed E-state index contributed by atoms with van der Waals surface area (Å²) in [4.78, 5) is 11.1. The van der Waals surface area contributed by atoms with Gasteiger partial charge in [-0.05, 0) is 30.3 Å². The van der Waals surface area contributed by atoms with Crippen molar-refractivity contribution in [3.63, 3.8) is 0 Å². The Bertz CT molecular complexity index is 1160. The minimum absolute atomic E-state index is 0.0287. The van der Waals surface area contributed by atoms with Crippen LogP contribution in [0.3, 0.4) is 0 Å². The van der Waals surface area contributed by atoms with Crippen LogP contribution < -0.4 is 15.0 Å². The van der Waals surface area contributed by atoms with Crippen molar-refractivity contribution in [2.24, 2.45) is 0 Å². The molecule has 29 heavy (non-hydrogen) atoms. The van der Waals surface area contributed by atoms with Crippen LogP contribution in [0.2, 0.25) is 0 Å². The molecule has 0 saturated carbocycles. The molecular formula is C22H15F2NO4. The number of H-pyrrole nitrogens is 1. The third-order valence-electron chi connectivity index (χ3n) is 4.12. The summed E-state index contributed by atoms with van der Waals surface area (Å²) in [6.45, 7) is -0.102. The highest BCUT2D eigenvalue weighted by molar-refractivity contribution is 5.58. The van der Waals surface area contributed by atoms with E-state index in [0.29, 0.717) is 17.1 Å². The van der Waals surface area contributed by atoms with E-state index < -0.39 is 22.9 Å². The number of halogens is 2. The third-order valence-corrected chi connectivity index (χ3v) is 4.12. The Labute approximate surface area is 164 Å². The van der Waals surface area contributed by atoms with E-state index in [1.54, 1.807) is 36.4 Å². The van der Waals surface area contributed by atoms with Crippen molar-refractivity contribution in [1.29, 1.82) is 0 Å². The second-order valence-electron chi connectivity index (χ2n) is 6.16. The smallest absolute Gasteiger partial charge is 0.280 e. The molecule has 3 aromatic carbocycles. The molecule has 0 unspecified atom stereocenters. The molecule has 0 fully saturated rings. The van der Waals surface area contributed by atoms with Crippen LogP contribution in [0.25, 0.3) is 11.3 Å². The molecule has 0 aliphatic rings. The number of rotatable bonds is 6. The molecule has 146 valence electrons. The minimum Gasteiger partial charge on any atom is -0.483 e. The van der Waals surface area contributed by atoms with Crippen molar-refractivity contribution in [3.05, 3.63) is 100 Å². The molecule has 0 atom stereocenters. The lowest BCUT2D eigenvalue weighted by atomic mass is 10.1. The van der Waals surface area contributed by atoms with Crippen LogP contribution in [-0.2, 0) is 6.61 Å². The van der Waals surface area contributed by atoms with Crippen LogP contribution in [0.5, 0.6) is 17.2 Å². The number of hydrogen-bond acceptors (Lipinski definition) is 4. The Morgan fingerprint density at radius 1 is 0.897 bits per heavy atom. The largest absolute Gasteiger partial charge is 0.483 e. The molecule has 1 aromatic heterocycles. The Balaban J connectivity index is 1.54. The van der Waals surface area contributed by atoms with Gasteiger partial charge in [-0.2, -0.15) is 5.16 Å². The molecule has 1 N–H and O–H groups in total. The van der Waals surface area contributed by atoms with Gasteiger partial charge in [-0.3, -0.25) is 4.79 Å². The average Bonchev–Trinajstić information content (AvgIpc) is 3.15. The topological polar surface area (TPSA) is 64.5 Å². The lowest BCUT2D eigenvalue weighted by molar-refractivity contribution is 0.270. The molecule has 4 aromatic rings. The fraction of sp³-hybridized carbons (Fsp3) is 0.0455. The van der Waals surface area contributed by atoms with E-state index in [4.69, 9.17) is 14.0 Å². The minimum atomic E-state index is -0.912. The van der Waals surface area contributed by atoms with Gasteiger partial charge in [0.15, 0.2) is 23.1 Å². The van der Waals surface area contributed by atoms with Crippen LogP contribution >= 0.6 is 0 Å². The summed E-state index contributed by atoms with van der Waals surface area (Å²) in [7, 11) is 0. The Morgan fingerprint density at radius 2 is 1.59 bits per heavy atom. The first kappa shape index (κ1) is 18.5. The monoisotopic (exact) mass is 395 g/mol. The molecule has 7 heteroatoms. The van der Waals surface area contributed by atoms with Gasteiger partial charge >= 0.3 is 0 Å². The summed E-state index contributed by atoms with van der Waals surface area (Å²) in [6.07, 6.45) is 0. The fourth-order valence-electron chi connectivity index (χ4n) is 2.75. The Hall–Kier alpha value is -3.87. The number of ether oxygens (including phenoxy) is 2. The maximum atomic E-state index is 14.4. The van der Waals surface area contributed by atoms with Gasteiger partial charge in [0.05, 0.1) is 6.07 Å². The molecular weight excluding hydrogens is 380 g/mol. The van der Waals surface area contributed by atoms with Crippen molar-refractivity contribution in [2.75, 3.05) is 0 Å². The van der Waals surface area contributed by atoms with Crippen molar-refractivity contribution in [3.8, 4) is 28.6 Å². The predicted octanol–water partition coefficient (Wildman–Crippen LogP) is 5.28. The maximum Gasteiger partial charge on any atom is 0.280 e. The fourth-order valence-corrected chi connectivity index (χ4v) is 2.75. The van der Waals surface area contributed by atoms with E-state index >= 15 is 0 Å². The Kier molecular flexibility index (Phi) is 5.11. The molecule has 4 rings (SSSR count). The number of para-hydroxylation sites is 2. The van der Waals surface area contributed by atoms with Gasteiger partial charge in [0.25, 0.3) is 5.56 Å². The molecule has 0 aliphatic carbocycles.